The van der Waals surface area contributed by atoms with E-state index in [1.165, 1.54) is 6.26 Å². The van der Waals surface area contributed by atoms with Crippen molar-refractivity contribution in [3.8, 4) is 0 Å². The summed E-state index contributed by atoms with van der Waals surface area (Å²) < 4.78 is 6.03. The Balaban J connectivity index is 1.56. The average molecular weight is 391 g/mol. The highest BCUT2D eigenvalue weighted by molar-refractivity contribution is 9.10. The molecule has 0 radical (unpaired) electrons. The van der Waals surface area contributed by atoms with Crippen LogP contribution in [0.3, 0.4) is 0 Å². The molecule has 24 heavy (non-hydrogen) atoms. The summed E-state index contributed by atoms with van der Waals surface area (Å²) in [7, 11) is 0. The molecule has 1 aromatic heterocycles. The van der Waals surface area contributed by atoms with E-state index in [4.69, 9.17) is 4.42 Å². The number of hydrogen-bond acceptors (Lipinski definition) is 3. The summed E-state index contributed by atoms with van der Waals surface area (Å²) in [5.74, 6) is 0.158. The predicted molar refractivity (Wildman–Crippen MR) is 94.8 cm³/mol. The maximum absolute atomic E-state index is 12.5. The number of benzene rings is 1. The lowest BCUT2D eigenvalue weighted by Gasteiger charge is -2.30. The van der Waals surface area contributed by atoms with Crippen LogP contribution in [0.25, 0.3) is 0 Å². The Morgan fingerprint density at radius 3 is 2.62 bits per heavy atom. The summed E-state index contributed by atoms with van der Waals surface area (Å²) in [5, 5.41) is 2.97. The topological polar surface area (TPSA) is 62.6 Å². The lowest BCUT2D eigenvalue weighted by atomic mass is 9.95. The molecule has 3 rings (SSSR count). The number of nitrogens with one attached hydrogen (secondary N) is 1. The highest BCUT2D eigenvalue weighted by atomic mass is 79.9. The van der Waals surface area contributed by atoms with Crippen molar-refractivity contribution in [3.05, 3.63) is 52.4 Å². The van der Waals surface area contributed by atoms with Gasteiger partial charge in [-0.1, -0.05) is 6.07 Å². The molecule has 6 heteroatoms. The lowest BCUT2D eigenvalue weighted by molar-refractivity contribution is -0.121. The summed E-state index contributed by atoms with van der Waals surface area (Å²) in [6.45, 7) is 3.13. The third kappa shape index (κ3) is 3.70. The molecule has 126 valence electrons. The van der Waals surface area contributed by atoms with E-state index in [1.807, 2.05) is 25.1 Å². The zero-order valence-corrected chi connectivity index (χ0v) is 15.0. The van der Waals surface area contributed by atoms with E-state index in [-0.39, 0.29) is 17.7 Å². The van der Waals surface area contributed by atoms with Gasteiger partial charge in [-0.05, 0) is 65.5 Å². The summed E-state index contributed by atoms with van der Waals surface area (Å²) in [6.07, 6.45) is 2.80. The predicted octanol–water partition coefficient (Wildman–Crippen LogP) is 3.84. The zero-order chi connectivity index (χ0) is 17.1. The summed E-state index contributed by atoms with van der Waals surface area (Å²) in [4.78, 5) is 26.4. The highest BCUT2D eigenvalue weighted by Crippen LogP contribution is 2.26. The quantitative estimate of drug-likeness (QED) is 0.865. The normalized spacial score (nSPS) is 15.3. The van der Waals surface area contributed by atoms with Gasteiger partial charge in [-0.25, -0.2) is 0 Å². The van der Waals surface area contributed by atoms with Gasteiger partial charge >= 0.3 is 0 Å². The van der Waals surface area contributed by atoms with Crippen LogP contribution in [0.2, 0.25) is 0 Å². The molecule has 0 saturated carbocycles. The molecule has 1 aliphatic rings. The number of piperidine rings is 1. The van der Waals surface area contributed by atoms with Crippen molar-refractivity contribution in [3.63, 3.8) is 0 Å². The molecular weight excluding hydrogens is 372 g/mol. The first-order chi connectivity index (χ1) is 11.5. The Kier molecular flexibility index (Phi) is 5.04. The monoisotopic (exact) mass is 390 g/mol. The number of likely N-dealkylation sites (tertiary alicyclic amines) is 1. The standard InChI is InChI=1S/C18H19BrN2O3/c1-12-4-5-15(14(19)11-12)20-17(22)13-6-8-21(9-7-13)18(23)16-3-2-10-24-16/h2-5,10-11,13H,6-9H2,1H3,(H,20,22). The van der Waals surface area contributed by atoms with Gasteiger partial charge in [0.05, 0.1) is 12.0 Å². The molecule has 0 aliphatic carbocycles. The van der Waals surface area contributed by atoms with Gasteiger partial charge in [0, 0.05) is 23.5 Å². The van der Waals surface area contributed by atoms with Crippen molar-refractivity contribution >= 4 is 33.4 Å². The molecular formula is C18H19BrN2O3. The molecule has 2 heterocycles. The van der Waals surface area contributed by atoms with Gasteiger partial charge < -0.3 is 14.6 Å². The zero-order valence-electron chi connectivity index (χ0n) is 13.4. The minimum absolute atomic E-state index is 0.00431. The third-order valence-corrected chi connectivity index (χ3v) is 4.92. The van der Waals surface area contributed by atoms with Gasteiger partial charge in [0.1, 0.15) is 0 Å². The molecule has 1 aromatic carbocycles. The maximum atomic E-state index is 12.5. The van der Waals surface area contributed by atoms with Crippen molar-refractivity contribution in [1.82, 2.24) is 4.90 Å². The Hall–Kier alpha value is -2.08. The van der Waals surface area contributed by atoms with E-state index in [9.17, 15) is 9.59 Å². The summed E-state index contributed by atoms with van der Waals surface area (Å²) in [6, 6.07) is 9.20. The fourth-order valence-electron chi connectivity index (χ4n) is 2.86. The van der Waals surface area contributed by atoms with Crippen molar-refractivity contribution in [2.45, 2.75) is 19.8 Å². The Morgan fingerprint density at radius 1 is 1.25 bits per heavy atom. The van der Waals surface area contributed by atoms with Crippen LogP contribution in [0, 0.1) is 12.8 Å². The molecule has 1 aliphatic heterocycles. The second-order valence-electron chi connectivity index (χ2n) is 6.02. The van der Waals surface area contributed by atoms with Crippen molar-refractivity contribution < 1.29 is 14.0 Å². The van der Waals surface area contributed by atoms with Gasteiger partial charge in [0.15, 0.2) is 5.76 Å². The summed E-state index contributed by atoms with van der Waals surface area (Å²) >= 11 is 3.47. The number of furan rings is 1. The van der Waals surface area contributed by atoms with E-state index in [0.717, 1.165) is 15.7 Å². The van der Waals surface area contributed by atoms with Gasteiger partial charge in [0.2, 0.25) is 5.91 Å². The molecule has 1 fully saturated rings. The molecule has 0 unspecified atom stereocenters. The molecule has 1 saturated heterocycles. The number of carbonyl (C=O) groups excluding carboxylic acids is 2. The molecule has 0 bridgehead atoms. The smallest absolute Gasteiger partial charge is 0.289 e. The number of rotatable bonds is 3. The highest BCUT2D eigenvalue weighted by Gasteiger charge is 2.28. The van der Waals surface area contributed by atoms with E-state index >= 15 is 0 Å². The van der Waals surface area contributed by atoms with Crippen LogP contribution in [0.15, 0.2) is 45.5 Å². The number of amides is 2. The SMILES string of the molecule is Cc1ccc(NC(=O)C2CCN(C(=O)c3ccco3)CC2)c(Br)c1. The first kappa shape index (κ1) is 16.8. The van der Waals surface area contributed by atoms with Crippen LogP contribution < -0.4 is 5.32 Å². The number of aryl methyl sites for hydroxylation is 1. The van der Waals surface area contributed by atoms with Crippen LogP contribution in [-0.4, -0.2) is 29.8 Å². The number of halogens is 1. The minimum Gasteiger partial charge on any atom is -0.459 e. The maximum Gasteiger partial charge on any atom is 0.289 e. The van der Waals surface area contributed by atoms with Crippen LogP contribution in [0.4, 0.5) is 5.69 Å². The fraction of sp³-hybridized carbons (Fsp3) is 0.333. The molecule has 1 N–H and O–H groups in total. The Bertz CT molecular complexity index is 735. The summed E-state index contributed by atoms with van der Waals surface area (Å²) in [5.41, 5.74) is 1.91. The molecule has 0 atom stereocenters. The van der Waals surface area contributed by atoms with Crippen LogP contribution in [0.1, 0.15) is 29.0 Å². The van der Waals surface area contributed by atoms with Crippen molar-refractivity contribution in [2.75, 3.05) is 18.4 Å². The van der Waals surface area contributed by atoms with Gasteiger partial charge in [-0.2, -0.15) is 0 Å². The van der Waals surface area contributed by atoms with E-state index in [0.29, 0.717) is 31.7 Å². The molecule has 5 nitrogen and oxygen atoms in total. The third-order valence-electron chi connectivity index (χ3n) is 4.27. The minimum atomic E-state index is -0.111. The van der Waals surface area contributed by atoms with Crippen molar-refractivity contribution in [1.29, 1.82) is 0 Å². The van der Waals surface area contributed by atoms with Crippen LogP contribution in [0.5, 0.6) is 0 Å². The molecule has 0 spiro atoms. The second kappa shape index (κ2) is 7.21. The number of carbonyl (C=O) groups is 2. The molecule has 2 aromatic rings. The lowest BCUT2D eigenvalue weighted by Crippen LogP contribution is -2.41. The largest absolute Gasteiger partial charge is 0.459 e. The van der Waals surface area contributed by atoms with E-state index < -0.39 is 0 Å². The first-order valence-corrected chi connectivity index (χ1v) is 8.73. The number of nitrogens with zero attached hydrogens (tertiary/aromatic N) is 1. The van der Waals surface area contributed by atoms with Gasteiger partial charge in [-0.15, -0.1) is 0 Å². The van der Waals surface area contributed by atoms with Crippen LogP contribution in [-0.2, 0) is 4.79 Å². The number of anilines is 1. The molecule has 2 amide bonds. The number of hydrogen-bond donors (Lipinski definition) is 1. The average Bonchev–Trinajstić information content (AvgIpc) is 3.11. The first-order valence-electron chi connectivity index (χ1n) is 7.94. The van der Waals surface area contributed by atoms with Gasteiger partial charge in [-0.3, -0.25) is 9.59 Å². The van der Waals surface area contributed by atoms with Gasteiger partial charge in [0.25, 0.3) is 5.91 Å². The van der Waals surface area contributed by atoms with Crippen molar-refractivity contribution in [2.24, 2.45) is 5.92 Å². The fourth-order valence-corrected chi connectivity index (χ4v) is 3.45. The van der Waals surface area contributed by atoms with Crippen LogP contribution >= 0.6 is 15.9 Å². The second-order valence-corrected chi connectivity index (χ2v) is 6.87. The Morgan fingerprint density at radius 2 is 2.00 bits per heavy atom. The Labute approximate surface area is 149 Å². The van der Waals surface area contributed by atoms with E-state index in [1.54, 1.807) is 17.0 Å². The van der Waals surface area contributed by atoms with E-state index in [2.05, 4.69) is 21.2 Å².